The van der Waals surface area contributed by atoms with E-state index in [2.05, 4.69) is 15.3 Å². The Kier molecular flexibility index (Phi) is 5.75. The van der Waals surface area contributed by atoms with E-state index in [0.29, 0.717) is 41.0 Å². The standard InChI is InChI=1S/C24H23FN4O5S2/c1-14-10-15(35(2,30)31)4-5-16(14)19-12-27-24(29-13-28-23(22(19)29)36(3,32)33)26-11-18-17-8-9-34-21(17)7-6-20(18)25/h4-7,10,12-13H,8-9,11H2,1-3H3,(H,26,27). The molecule has 0 amide bonds. The maximum absolute atomic E-state index is 14.6. The predicted molar refractivity (Wildman–Crippen MR) is 132 cm³/mol. The number of nitrogens with one attached hydrogen (secondary N) is 1. The van der Waals surface area contributed by atoms with Crippen molar-refractivity contribution in [3.8, 4) is 16.9 Å². The molecule has 0 unspecified atom stereocenters. The maximum Gasteiger partial charge on any atom is 0.209 e. The topological polar surface area (TPSA) is 120 Å². The Hall–Kier alpha value is -3.51. The van der Waals surface area contributed by atoms with Crippen LogP contribution in [0.4, 0.5) is 10.3 Å². The van der Waals surface area contributed by atoms with Crippen molar-refractivity contribution in [2.24, 2.45) is 0 Å². The van der Waals surface area contributed by atoms with Crippen LogP contribution < -0.4 is 10.1 Å². The summed E-state index contributed by atoms with van der Waals surface area (Å²) in [7, 11) is -7.13. The molecule has 0 bridgehead atoms. The summed E-state index contributed by atoms with van der Waals surface area (Å²) in [5.41, 5.74) is 3.24. The average Bonchev–Trinajstić information content (AvgIpc) is 3.45. The van der Waals surface area contributed by atoms with Crippen molar-refractivity contribution in [2.45, 2.75) is 29.8 Å². The third-order valence-electron chi connectivity index (χ3n) is 6.16. The zero-order valence-electron chi connectivity index (χ0n) is 19.7. The smallest absolute Gasteiger partial charge is 0.209 e. The van der Waals surface area contributed by atoms with Gasteiger partial charge in [-0.3, -0.25) is 4.40 Å². The summed E-state index contributed by atoms with van der Waals surface area (Å²) in [5, 5.41) is 2.96. The number of imidazole rings is 1. The summed E-state index contributed by atoms with van der Waals surface area (Å²) in [5.74, 6) is 0.554. The molecule has 1 aliphatic heterocycles. The Labute approximate surface area is 207 Å². The van der Waals surface area contributed by atoms with Crippen LogP contribution in [0.1, 0.15) is 16.7 Å². The first-order chi connectivity index (χ1) is 16.9. The number of ether oxygens (including phenoxy) is 1. The van der Waals surface area contributed by atoms with Crippen molar-refractivity contribution in [3.63, 3.8) is 0 Å². The molecule has 2 aromatic heterocycles. The highest BCUT2D eigenvalue weighted by Crippen LogP contribution is 2.34. The van der Waals surface area contributed by atoms with Gasteiger partial charge in [0, 0.05) is 48.4 Å². The van der Waals surface area contributed by atoms with Crippen LogP contribution in [-0.2, 0) is 32.6 Å². The molecule has 2 aromatic carbocycles. The van der Waals surface area contributed by atoms with E-state index in [4.69, 9.17) is 4.74 Å². The molecule has 0 saturated carbocycles. The quantitative estimate of drug-likeness (QED) is 0.404. The van der Waals surface area contributed by atoms with Crippen molar-refractivity contribution in [2.75, 3.05) is 24.4 Å². The number of halogens is 1. The monoisotopic (exact) mass is 530 g/mol. The molecule has 12 heteroatoms. The highest BCUT2D eigenvalue weighted by Gasteiger charge is 2.24. The summed E-state index contributed by atoms with van der Waals surface area (Å²) in [6.45, 7) is 2.33. The van der Waals surface area contributed by atoms with Crippen LogP contribution in [0.5, 0.6) is 5.75 Å². The number of sulfone groups is 2. The van der Waals surface area contributed by atoms with E-state index in [1.165, 1.54) is 35.1 Å². The molecule has 0 atom stereocenters. The first-order valence-corrected chi connectivity index (χ1v) is 14.8. The lowest BCUT2D eigenvalue weighted by Crippen LogP contribution is -2.10. The van der Waals surface area contributed by atoms with Crippen LogP contribution in [-0.4, -0.2) is 50.3 Å². The lowest BCUT2D eigenvalue weighted by Gasteiger charge is -2.15. The average molecular weight is 531 g/mol. The number of aromatic nitrogens is 3. The summed E-state index contributed by atoms with van der Waals surface area (Å²) in [4.78, 5) is 8.77. The van der Waals surface area contributed by atoms with Gasteiger partial charge in [0.2, 0.25) is 5.95 Å². The molecule has 4 aromatic rings. The second kappa shape index (κ2) is 8.56. The number of hydrogen-bond acceptors (Lipinski definition) is 8. The van der Waals surface area contributed by atoms with Gasteiger partial charge in [0.05, 0.1) is 17.0 Å². The molecular formula is C24H23FN4O5S2. The minimum Gasteiger partial charge on any atom is -0.493 e. The van der Waals surface area contributed by atoms with Gasteiger partial charge in [0.1, 0.15) is 17.9 Å². The zero-order chi connectivity index (χ0) is 25.8. The van der Waals surface area contributed by atoms with Crippen molar-refractivity contribution >= 4 is 31.1 Å². The fourth-order valence-corrected chi connectivity index (χ4v) is 5.93. The van der Waals surface area contributed by atoms with Gasteiger partial charge in [0.25, 0.3) is 0 Å². The van der Waals surface area contributed by atoms with E-state index in [0.717, 1.165) is 18.1 Å². The molecule has 36 heavy (non-hydrogen) atoms. The van der Waals surface area contributed by atoms with Crippen LogP contribution in [0.2, 0.25) is 0 Å². The highest BCUT2D eigenvalue weighted by molar-refractivity contribution is 7.91. The molecule has 3 heterocycles. The molecule has 1 N–H and O–H groups in total. The number of fused-ring (bicyclic) bond motifs is 2. The van der Waals surface area contributed by atoms with E-state index < -0.39 is 19.7 Å². The minimum absolute atomic E-state index is 0.105. The van der Waals surface area contributed by atoms with Crippen molar-refractivity contribution < 1.29 is 26.0 Å². The van der Waals surface area contributed by atoms with E-state index in [1.54, 1.807) is 19.1 Å². The van der Waals surface area contributed by atoms with Crippen molar-refractivity contribution in [1.29, 1.82) is 0 Å². The zero-order valence-corrected chi connectivity index (χ0v) is 21.4. The van der Waals surface area contributed by atoms with Gasteiger partial charge in [-0.15, -0.1) is 0 Å². The largest absolute Gasteiger partial charge is 0.493 e. The van der Waals surface area contributed by atoms with Crippen LogP contribution >= 0.6 is 0 Å². The summed E-state index contributed by atoms with van der Waals surface area (Å²) in [6, 6.07) is 7.59. The van der Waals surface area contributed by atoms with E-state index >= 15 is 0 Å². The van der Waals surface area contributed by atoms with Crippen molar-refractivity contribution in [1.82, 2.24) is 14.4 Å². The molecule has 0 saturated heterocycles. The first kappa shape index (κ1) is 24.2. The number of benzene rings is 2. The molecule has 188 valence electrons. The van der Waals surface area contributed by atoms with Gasteiger partial charge in [-0.05, 0) is 42.3 Å². The molecule has 0 spiro atoms. The molecule has 1 aliphatic rings. The Morgan fingerprint density at radius 1 is 1.06 bits per heavy atom. The van der Waals surface area contributed by atoms with Gasteiger partial charge in [-0.2, -0.15) is 0 Å². The lowest BCUT2D eigenvalue weighted by atomic mass is 10.0. The number of anilines is 1. The maximum atomic E-state index is 14.6. The number of aryl methyl sites for hydroxylation is 1. The van der Waals surface area contributed by atoms with Crippen LogP contribution in [0, 0.1) is 12.7 Å². The Morgan fingerprint density at radius 2 is 1.83 bits per heavy atom. The first-order valence-electron chi connectivity index (χ1n) is 11.0. The number of hydrogen-bond donors (Lipinski definition) is 1. The van der Waals surface area contributed by atoms with Gasteiger partial charge in [-0.1, -0.05) is 6.07 Å². The summed E-state index contributed by atoms with van der Waals surface area (Å²) >= 11 is 0. The van der Waals surface area contributed by atoms with E-state index in [1.807, 2.05) is 0 Å². The van der Waals surface area contributed by atoms with Crippen LogP contribution in [0.3, 0.4) is 0 Å². The van der Waals surface area contributed by atoms with Crippen molar-refractivity contribution in [3.05, 3.63) is 65.4 Å². The molecule has 0 radical (unpaired) electrons. The normalized spacial score (nSPS) is 13.6. The van der Waals surface area contributed by atoms with Gasteiger partial charge in [-0.25, -0.2) is 31.2 Å². The predicted octanol–water partition coefficient (Wildman–Crippen LogP) is 3.20. The summed E-state index contributed by atoms with van der Waals surface area (Å²) < 4.78 is 70.7. The SMILES string of the molecule is Cc1cc(S(C)(=O)=O)ccc1-c1cnc(NCc2c(F)ccc3c2CCO3)n2cnc(S(C)(=O)=O)c12. The highest BCUT2D eigenvalue weighted by atomic mass is 32.2. The Morgan fingerprint density at radius 3 is 2.53 bits per heavy atom. The van der Waals surface area contributed by atoms with Gasteiger partial charge in [0.15, 0.2) is 24.7 Å². The molecule has 5 rings (SSSR count). The summed E-state index contributed by atoms with van der Waals surface area (Å²) in [6.07, 6.45) is 5.63. The van der Waals surface area contributed by atoms with E-state index in [-0.39, 0.29) is 33.7 Å². The minimum atomic E-state index is -3.72. The van der Waals surface area contributed by atoms with Gasteiger partial charge >= 0.3 is 0 Å². The fraction of sp³-hybridized carbons (Fsp3) is 0.250. The van der Waals surface area contributed by atoms with Crippen LogP contribution in [0.15, 0.2) is 52.8 Å². The fourth-order valence-electron chi connectivity index (χ4n) is 4.43. The molecule has 9 nitrogen and oxygen atoms in total. The van der Waals surface area contributed by atoms with E-state index in [9.17, 15) is 21.2 Å². The third kappa shape index (κ3) is 4.20. The number of rotatable bonds is 6. The van der Waals surface area contributed by atoms with Gasteiger partial charge < -0.3 is 10.1 Å². The Bertz CT molecular complexity index is 1750. The second-order valence-electron chi connectivity index (χ2n) is 8.74. The second-order valence-corrected chi connectivity index (χ2v) is 12.7. The lowest BCUT2D eigenvalue weighted by molar-refractivity contribution is 0.356. The Balaban J connectivity index is 1.63. The third-order valence-corrected chi connectivity index (χ3v) is 8.28. The number of nitrogens with zero attached hydrogens (tertiary/aromatic N) is 3. The van der Waals surface area contributed by atoms with Crippen LogP contribution in [0.25, 0.3) is 16.6 Å². The molecule has 0 fully saturated rings. The molecule has 0 aliphatic carbocycles. The molecular weight excluding hydrogens is 507 g/mol.